The number of fused-ring (bicyclic) bond motifs is 2. The van der Waals surface area contributed by atoms with Crippen molar-refractivity contribution in [2.45, 2.75) is 6.54 Å². The van der Waals surface area contributed by atoms with Gasteiger partial charge in [0.25, 0.3) is 0 Å². The molecule has 0 spiro atoms. The number of nitrogens with one attached hydrogen (secondary N) is 1. The summed E-state index contributed by atoms with van der Waals surface area (Å²) in [5.41, 5.74) is 1.60. The first kappa shape index (κ1) is 14.0. The highest BCUT2D eigenvalue weighted by Gasteiger charge is 2.14. The number of aromatic nitrogens is 1. The van der Waals surface area contributed by atoms with E-state index < -0.39 is 0 Å². The van der Waals surface area contributed by atoms with Crippen LogP contribution in [-0.4, -0.2) is 17.3 Å². The maximum absolute atomic E-state index is 12.3. The molecular formula is C17H13ClN2O3. The average Bonchev–Trinajstić information content (AvgIpc) is 3.14. The molecule has 23 heavy (non-hydrogen) atoms. The van der Waals surface area contributed by atoms with Gasteiger partial charge >= 0.3 is 0 Å². The van der Waals surface area contributed by atoms with Crippen LogP contribution in [0.4, 0.5) is 5.69 Å². The Morgan fingerprint density at radius 2 is 2.00 bits per heavy atom. The van der Waals surface area contributed by atoms with Crippen molar-refractivity contribution in [3.63, 3.8) is 0 Å². The van der Waals surface area contributed by atoms with Crippen LogP contribution in [0, 0.1) is 0 Å². The number of benzene rings is 2. The molecule has 2 heterocycles. The fraction of sp³-hybridized carbons (Fsp3) is 0.118. The number of ether oxygens (including phenoxy) is 2. The van der Waals surface area contributed by atoms with E-state index in [0.717, 1.165) is 10.9 Å². The lowest BCUT2D eigenvalue weighted by Crippen LogP contribution is -2.18. The number of rotatable bonds is 3. The summed E-state index contributed by atoms with van der Waals surface area (Å²) in [6, 6.07) is 12.9. The molecule has 116 valence electrons. The lowest BCUT2D eigenvalue weighted by molar-refractivity contribution is -0.116. The maximum Gasteiger partial charge on any atom is 0.244 e. The van der Waals surface area contributed by atoms with Gasteiger partial charge in [-0.05, 0) is 35.7 Å². The van der Waals surface area contributed by atoms with Gasteiger partial charge in [0.15, 0.2) is 11.5 Å². The van der Waals surface area contributed by atoms with Crippen LogP contribution in [0.3, 0.4) is 0 Å². The molecule has 2 aromatic carbocycles. The normalized spacial score (nSPS) is 12.6. The molecule has 0 saturated carbocycles. The van der Waals surface area contributed by atoms with Crippen molar-refractivity contribution < 1.29 is 14.3 Å². The number of hydrogen-bond acceptors (Lipinski definition) is 3. The van der Waals surface area contributed by atoms with Gasteiger partial charge < -0.3 is 19.4 Å². The molecule has 0 unspecified atom stereocenters. The third-order valence-corrected chi connectivity index (χ3v) is 3.94. The highest BCUT2D eigenvalue weighted by Crippen LogP contribution is 2.34. The zero-order chi connectivity index (χ0) is 15.8. The van der Waals surface area contributed by atoms with Crippen molar-refractivity contribution in [3.05, 3.63) is 53.7 Å². The third-order valence-electron chi connectivity index (χ3n) is 3.71. The summed E-state index contributed by atoms with van der Waals surface area (Å²) in [6.45, 7) is 0.418. The van der Waals surface area contributed by atoms with Crippen LogP contribution in [-0.2, 0) is 11.3 Å². The molecule has 0 atom stereocenters. The van der Waals surface area contributed by atoms with E-state index in [9.17, 15) is 4.79 Å². The molecule has 0 aliphatic carbocycles. The minimum absolute atomic E-state index is 0.124. The first-order valence-electron chi connectivity index (χ1n) is 7.13. The van der Waals surface area contributed by atoms with Crippen LogP contribution in [0.25, 0.3) is 10.9 Å². The summed E-state index contributed by atoms with van der Waals surface area (Å²) in [7, 11) is 0. The Bertz CT molecular complexity index is 904. The molecule has 1 N–H and O–H groups in total. The van der Waals surface area contributed by atoms with Gasteiger partial charge in [-0.1, -0.05) is 17.7 Å². The summed E-state index contributed by atoms with van der Waals surface area (Å²) in [5, 5.41) is 4.55. The van der Waals surface area contributed by atoms with Gasteiger partial charge in [-0.25, -0.2) is 0 Å². The number of carbonyl (C=O) groups excluding carboxylic acids is 1. The van der Waals surface area contributed by atoms with Crippen molar-refractivity contribution in [1.29, 1.82) is 0 Å². The molecule has 0 saturated heterocycles. The molecule has 5 nitrogen and oxygen atoms in total. The Labute approximate surface area is 137 Å². The van der Waals surface area contributed by atoms with Crippen LogP contribution < -0.4 is 14.8 Å². The van der Waals surface area contributed by atoms with Crippen LogP contribution in [0.15, 0.2) is 48.7 Å². The van der Waals surface area contributed by atoms with Crippen LogP contribution in [0.1, 0.15) is 0 Å². The van der Waals surface area contributed by atoms with Crippen molar-refractivity contribution in [2.75, 3.05) is 12.1 Å². The van der Waals surface area contributed by atoms with Gasteiger partial charge in [-0.15, -0.1) is 0 Å². The van der Waals surface area contributed by atoms with Gasteiger partial charge in [0, 0.05) is 28.5 Å². The van der Waals surface area contributed by atoms with Crippen molar-refractivity contribution in [3.8, 4) is 11.5 Å². The Kier molecular flexibility index (Phi) is 3.35. The zero-order valence-electron chi connectivity index (χ0n) is 12.1. The summed E-state index contributed by atoms with van der Waals surface area (Å²) in [4.78, 5) is 12.3. The Hall–Kier alpha value is -2.66. The topological polar surface area (TPSA) is 52.5 Å². The Morgan fingerprint density at radius 3 is 2.91 bits per heavy atom. The quantitative estimate of drug-likeness (QED) is 0.798. The van der Waals surface area contributed by atoms with Gasteiger partial charge in [0.2, 0.25) is 12.7 Å². The number of hydrogen-bond donors (Lipinski definition) is 1. The predicted molar refractivity (Wildman–Crippen MR) is 88.1 cm³/mol. The highest BCUT2D eigenvalue weighted by atomic mass is 35.5. The van der Waals surface area contributed by atoms with Crippen LogP contribution in [0.2, 0.25) is 5.02 Å². The predicted octanol–water partition coefficient (Wildman–Crippen LogP) is 3.66. The number of halogens is 1. The lowest BCUT2D eigenvalue weighted by Gasteiger charge is -2.08. The first-order valence-corrected chi connectivity index (χ1v) is 7.51. The number of nitrogens with zero attached hydrogens (tertiary/aromatic N) is 1. The summed E-state index contributed by atoms with van der Waals surface area (Å²) in [5.74, 6) is 1.20. The molecule has 4 rings (SSSR count). The van der Waals surface area contributed by atoms with E-state index in [-0.39, 0.29) is 19.2 Å². The first-order chi connectivity index (χ1) is 11.2. The summed E-state index contributed by atoms with van der Waals surface area (Å²) < 4.78 is 12.4. The molecule has 0 radical (unpaired) electrons. The fourth-order valence-electron chi connectivity index (χ4n) is 2.62. The lowest BCUT2D eigenvalue weighted by atomic mass is 10.2. The summed E-state index contributed by atoms with van der Waals surface area (Å²) >= 11 is 6.03. The highest BCUT2D eigenvalue weighted by molar-refractivity contribution is 6.31. The standard InChI is InChI=1S/C17H13ClN2O3/c18-12-2-1-11-5-6-20(14(11)7-12)9-17(21)19-13-3-4-15-16(8-13)23-10-22-15/h1-8H,9-10H2,(H,19,21). The minimum Gasteiger partial charge on any atom is -0.454 e. The van der Waals surface area contributed by atoms with Gasteiger partial charge in [0.1, 0.15) is 6.54 Å². The average molecular weight is 329 g/mol. The largest absolute Gasteiger partial charge is 0.454 e. The number of anilines is 1. The van der Waals surface area contributed by atoms with E-state index in [4.69, 9.17) is 21.1 Å². The smallest absolute Gasteiger partial charge is 0.244 e. The number of amides is 1. The van der Waals surface area contributed by atoms with Gasteiger partial charge in [-0.3, -0.25) is 4.79 Å². The van der Waals surface area contributed by atoms with Gasteiger partial charge in [-0.2, -0.15) is 0 Å². The van der Waals surface area contributed by atoms with Crippen molar-refractivity contribution in [2.24, 2.45) is 0 Å². The molecule has 6 heteroatoms. The second kappa shape index (κ2) is 5.52. The molecule has 1 amide bonds. The Morgan fingerprint density at radius 1 is 1.13 bits per heavy atom. The van der Waals surface area contributed by atoms with Gasteiger partial charge in [0.05, 0.1) is 0 Å². The van der Waals surface area contributed by atoms with Crippen molar-refractivity contribution >= 4 is 34.1 Å². The van der Waals surface area contributed by atoms with E-state index in [2.05, 4.69) is 5.32 Å². The molecule has 0 bridgehead atoms. The van der Waals surface area contributed by atoms with E-state index in [0.29, 0.717) is 22.2 Å². The Balaban J connectivity index is 1.52. The van der Waals surface area contributed by atoms with Crippen LogP contribution in [0.5, 0.6) is 11.5 Å². The molecule has 1 aliphatic rings. The zero-order valence-corrected chi connectivity index (χ0v) is 12.8. The van der Waals surface area contributed by atoms with E-state index in [1.165, 1.54) is 0 Å². The molecular weight excluding hydrogens is 316 g/mol. The third kappa shape index (κ3) is 2.71. The minimum atomic E-state index is -0.124. The monoisotopic (exact) mass is 328 g/mol. The molecule has 0 fully saturated rings. The van der Waals surface area contributed by atoms with E-state index >= 15 is 0 Å². The second-order valence-electron chi connectivity index (χ2n) is 5.26. The van der Waals surface area contributed by atoms with E-state index in [1.54, 1.807) is 18.2 Å². The van der Waals surface area contributed by atoms with E-state index in [1.807, 2.05) is 35.0 Å². The second-order valence-corrected chi connectivity index (χ2v) is 5.70. The fourth-order valence-corrected chi connectivity index (χ4v) is 2.79. The molecule has 1 aromatic heterocycles. The molecule has 3 aromatic rings. The SMILES string of the molecule is O=C(Cn1ccc2ccc(Cl)cc21)Nc1ccc2c(c1)OCO2. The van der Waals surface area contributed by atoms with Crippen LogP contribution >= 0.6 is 11.6 Å². The number of carbonyl (C=O) groups is 1. The summed E-state index contributed by atoms with van der Waals surface area (Å²) in [6.07, 6.45) is 1.88. The maximum atomic E-state index is 12.3. The van der Waals surface area contributed by atoms with Crippen molar-refractivity contribution in [1.82, 2.24) is 4.57 Å². The molecule has 1 aliphatic heterocycles.